The van der Waals surface area contributed by atoms with Gasteiger partial charge in [0.25, 0.3) is 11.8 Å². The minimum atomic E-state index is -0.753. The molecule has 11 nitrogen and oxygen atoms in total. The first-order chi connectivity index (χ1) is 20.2. The van der Waals surface area contributed by atoms with Crippen molar-refractivity contribution in [2.24, 2.45) is 0 Å². The average molecular weight is 593 g/mol. The summed E-state index contributed by atoms with van der Waals surface area (Å²) in [6.07, 6.45) is 1.40. The van der Waals surface area contributed by atoms with Gasteiger partial charge in [0.15, 0.2) is 18.1 Å². The smallest absolute Gasteiger partial charge is 0.329 e. The molecule has 1 fully saturated rings. The molecular weight excluding hydrogens is 564 g/mol. The van der Waals surface area contributed by atoms with Gasteiger partial charge in [-0.3, -0.25) is 14.4 Å². The number of hydrogen-bond donors (Lipinski definition) is 3. The van der Waals surface area contributed by atoms with Crippen LogP contribution in [0.25, 0.3) is 6.08 Å². The Bertz CT molecular complexity index is 1540. The van der Waals surface area contributed by atoms with Crippen molar-refractivity contribution in [3.63, 3.8) is 0 Å². The highest BCUT2D eigenvalue weighted by Gasteiger charge is 2.35. The SMILES string of the molecule is CCOc1cc(/C=C2/NC(=O)N(CC(=O)Nc3ccccc3OC)C2=O)cc(Cl)c1OCC(=O)Nc1ccc(C)cc1. The van der Waals surface area contributed by atoms with Crippen molar-refractivity contribution >= 4 is 52.8 Å². The van der Waals surface area contributed by atoms with Crippen LogP contribution in [0.1, 0.15) is 18.1 Å². The van der Waals surface area contributed by atoms with Crippen molar-refractivity contribution in [1.82, 2.24) is 10.2 Å². The molecule has 42 heavy (non-hydrogen) atoms. The number of urea groups is 1. The monoisotopic (exact) mass is 592 g/mol. The van der Waals surface area contributed by atoms with Gasteiger partial charge in [0.05, 0.1) is 24.4 Å². The molecule has 1 heterocycles. The van der Waals surface area contributed by atoms with Crippen LogP contribution in [-0.4, -0.2) is 55.5 Å². The first-order valence-electron chi connectivity index (χ1n) is 12.9. The highest BCUT2D eigenvalue weighted by atomic mass is 35.5. The molecule has 218 valence electrons. The molecule has 0 unspecified atom stereocenters. The number of ether oxygens (including phenoxy) is 3. The predicted octanol–water partition coefficient (Wildman–Crippen LogP) is 4.60. The molecule has 1 aliphatic rings. The summed E-state index contributed by atoms with van der Waals surface area (Å²) >= 11 is 6.47. The number of imide groups is 1. The van der Waals surface area contributed by atoms with Gasteiger partial charge < -0.3 is 30.2 Å². The van der Waals surface area contributed by atoms with Gasteiger partial charge in [0.2, 0.25) is 5.91 Å². The van der Waals surface area contributed by atoms with E-state index in [4.69, 9.17) is 25.8 Å². The fourth-order valence-corrected chi connectivity index (χ4v) is 4.28. The summed E-state index contributed by atoms with van der Waals surface area (Å²) in [7, 11) is 1.46. The summed E-state index contributed by atoms with van der Waals surface area (Å²) in [4.78, 5) is 51.3. The highest BCUT2D eigenvalue weighted by Crippen LogP contribution is 2.37. The molecule has 0 bridgehead atoms. The van der Waals surface area contributed by atoms with Crippen LogP contribution in [0.15, 0.2) is 66.4 Å². The first kappa shape index (κ1) is 29.9. The van der Waals surface area contributed by atoms with E-state index >= 15 is 0 Å². The third kappa shape index (κ3) is 7.38. The van der Waals surface area contributed by atoms with Crippen LogP contribution in [0.3, 0.4) is 0 Å². The van der Waals surface area contributed by atoms with E-state index in [0.717, 1.165) is 10.5 Å². The zero-order valence-electron chi connectivity index (χ0n) is 23.2. The highest BCUT2D eigenvalue weighted by molar-refractivity contribution is 6.32. The number of halogens is 1. The Balaban J connectivity index is 1.44. The summed E-state index contributed by atoms with van der Waals surface area (Å²) in [5, 5.41) is 7.97. The van der Waals surface area contributed by atoms with E-state index in [2.05, 4.69) is 16.0 Å². The van der Waals surface area contributed by atoms with Gasteiger partial charge in [-0.2, -0.15) is 0 Å². The zero-order valence-corrected chi connectivity index (χ0v) is 23.9. The Morgan fingerprint density at radius 3 is 2.43 bits per heavy atom. The fraction of sp³-hybridized carbons (Fsp3) is 0.200. The van der Waals surface area contributed by atoms with Crippen LogP contribution in [0, 0.1) is 6.92 Å². The molecule has 0 spiro atoms. The maximum absolute atomic E-state index is 13.0. The molecule has 4 rings (SSSR count). The second kappa shape index (κ2) is 13.6. The molecule has 0 saturated carbocycles. The normalized spacial score (nSPS) is 13.5. The average Bonchev–Trinajstić information content (AvgIpc) is 3.21. The quantitative estimate of drug-likeness (QED) is 0.219. The number of carbonyl (C=O) groups excluding carboxylic acids is 4. The van der Waals surface area contributed by atoms with Crippen LogP contribution >= 0.6 is 11.6 Å². The largest absolute Gasteiger partial charge is 0.495 e. The first-order valence-corrected chi connectivity index (χ1v) is 13.3. The van der Waals surface area contributed by atoms with E-state index in [1.807, 2.05) is 19.1 Å². The van der Waals surface area contributed by atoms with Crippen molar-refractivity contribution in [2.75, 3.05) is 37.5 Å². The van der Waals surface area contributed by atoms with Crippen LogP contribution in [0.2, 0.25) is 5.02 Å². The summed E-state index contributed by atoms with van der Waals surface area (Å²) in [6.45, 7) is 3.15. The number of benzene rings is 3. The van der Waals surface area contributed by atoms with Gasteiger partial charge in [-0.25, -0.2) is 9.69 Å². The number of methoxy groups -OCH3 is 1. The van der Waals surface area contributed by atoms with Crippen LogP contribution in [0.5, 0.6) is 17.2 Å². The number of para-hydroxylation sites is 2. The summed E-state index contributed by atoms with van der Waals surface area (Å²) in [6, 6.07) is 16.4. The second-order valence-corrected chi connectivity index (χ2v) is 9.50. The minimum Gasteiger partial charge on any atom is -0.495 e. The maximum Gasteiger partial charge on any atom is 0.329 e. The number of nitrogens with zero attached hydrogens (tertiary/aromatic N) is 1. The minimum absolute atomic E-state index is 0.0604. The lowest BCUT2D eigenvalue weighted by Crippen LogP contribution is -2.38. The van der Waals surface area contributed by atoms with Gasteiger partial charge >= 0.3 is 6.03 Å². The number of rotatable bonds is 11. The molecule has 0 aliphatic carbocycles. The number of nitrogens with one attached hydrogen (secondary N) is 3. The molecule has 3 aromatic carbocycles. The van der Waals surface area contributed by atoms with E-state index in [9.17, 15) is 19.2 Å². The summed E-state index contributed by atoms with van der Waals surface area (Å²) in [5.74, 6) is -0.847. The van der Waals surface area contributed by atoms with Crippen LogP contribution < -0.4 is 30.2 Å². The topological polar surface area (TPSA) is 135 Å². The Morgan fingerprint density at radius 2 is 1.71 bits per heavy atom. The number of aryl methyl sites for hydroxylation is 1. The van der Waals surface area contributed by atoms with E-state index in [-0.39, 0.29) is 35.4 Å². The zero-order chi connectivity index (χ0) is 30.2. The lowest BCUT2D eigenvalue weighted by Gasteiger charge is -2.15. The molecule has 3 aromatic rings. The Labute approximate surface area is 247 Å². The number of anilines is 2. The summed E-state index contributed by atoms with van der Waals surface area (Å²) in [5.41, 5.74) is 2.45. The van der Waals surface area contributed by atoms with E-state index in [1.165, 1.54) is 19.3 Å². The Morgan fingerprint density at radius 1 is 0.976 bits per heavy atom. The molecule has 0 radical (unpaired) electrons. The third-order valence-corrected chi connectivity index (χ3v) is 6.25. The van der Waals surface area contributed by atoms with E-state index in [1.54, 1.807) is 49.4 Å². The second-order valence-electron chi connectivity index (χ2n) is 9.09. The van der Waals surface area contributed by atoms with Gasteiger partial charge in [-0.1, -0.05) is 41.4 Å². The number of hydrogen-bond acceptors (Lipinski definition) is 7. The van der Waals surface area contributed by atoms with Crippen molar-refractivity contribution in [1.29, 1.82) is 0 Å². The van der Waals surface area contributed by atoms with E-state index < -0.39 is 30.3 Å². The standard InChI is InChI=1S/C30H29ClN4O7/c1-4-41-25-15-19(13-21(31)28(25)42-17-27(37)32-20-11-9-18(2)10-12-20)14-23-29(38)35(30(39)34-23)16-26(36)33-22-7-5-6-8-24(22)40-3/h5-15H,4,16-17H2,1-3H3,(H,32,37)(H,33,36)(H,34,39)/b23-14+. The van der Waals surface area contributed by atoms with Crippen LogP contribution in [0.4, 0.5) is 16.2 Å². The van der Waals surface area contributed by atoms with Crippen LogP contribution in [-0.2, 0) is 14.4 Å². The molecule has 12 heteroatoms. The predicted molar refractivity (Wildman–Crippen MR) is 158 cm³/mol. The molecule has 5 amide bonds. The van der Waals surface area contributed by atoms with Gasteiger partial charge in [-0.05, 0) is 61.9 Å². The van der Waals surface area contributed by atoms with E-state index in [0.29, 0.717) is 22.7 Å². The van der Waals surface area contributed by atoms with Crippen molar-refractivity contribution in [3.05, 3.63) is 82.5 Å². The molecule has 0 atom stereocenters. The third-order valence-electron chi connectivity index (χ3n) is 5.97. The molecule has 1 saturated heterocycles. The maximum atomic E-state index is 13.0. The Hall–Kier alpha value is -5.03. The lowest BCUT2D eigenvalue weighted by molar-refractivity contribution is -0.127. The molecule has 3 N–H and O–H groups in total. The number of amides is 5. The van der Waals surface area contributed by atoms with Crippen molar-refractivity contribution in [2.45, 2.75) is 13.8 Å². The van der Waals surface area contributed by atoms with Crippen molar-refractivity contribution < 1.29 is 33.4 Å². The molecular formula is C30H29ClN4O7. The molecule has 1 aliphatic heterocycles. The van der Waals surface area contributed by atoms with Gasteiger partial charge in [0.1, 0.15) is 18.0 Å². The number of carbonyl (C=O) groups is 4. The Kier molecular flexibility index (Phi) is 9.66. The van der Waals surface area contributed by atoms with Crippen molar-refractivity contribution in [3.8, 4) is 17.2 Å². The van der Waals surface area contributed by atoms with Gasteiger partial charge in [-0.15, -0.1) is 0 Å². The molecule has 0 aromatic heterocycles. The summed E-state index contributed by atoms with van der Waals surface area (Å²) < 4.78 is 16.6. The van der Waals surface area contributed by atoms with Gasteiger partial charge in [0, 0.05) is 5.69 Å². The lowest BCUT2D eigenvalue weighted by atomic mass is 10.1. The fourth-order valence-electron chi connectivity index (χ4n) is 4.01.